The molecule has 0 saturated carbocycles. The second kappa shape index (κ2) is 7.20. The van der Waals surface area contributed by atoms with Gasteiger partial charge in [0.25, 0.3) is 0 Å². The third-order valence-electron chi connectivity index (χ3n) is 3.39. The number of aromatic nitrogens is 3. The highest BCUT2D eigenvalue weighted by molar-refractivity contribution is 5.37. The number of benzene rings is 1. The Morgan fingerprint density at radius 2 is 2.14 bits per heavy atom. The molecule has 0 radical (unpaired) electrons. The van der Waals surface area contributed by atoms with Gasteiger partial charge in [0.2, 0.25) is 0 Å². The van der Waals surface area contributed by atoms with E-state index < -0.39 is 0 Å². The Labute approximate surface area is 124 Å². The summed E-state index contributed by atoms with van der Waals surface area (Å²) >= 11 is 0. The molecule has 1 atom stereocenters. The fraction of sp³-hybridized carbons (Fsp3) is 0.500. The van der Waals surface area contributed by atoms with Crippen LogP contribution in [0.15, 0.2) is 24.4 Å². The molecular formula is C16H22FN3O. The standard InChI is InChI=1S/C16H22FN3O/c1-4-8-21-16-7-6-13(17)10-15(16)12(3)9-14-11-20(5-2)19-18-14/h6-7,10-12H,4-5,8-9H2,1-3H3. The molecule has 0 aliphatic heterocycles. The van der Waals surface area contributed by atoms with Crippen LogP contribution < -0.4 is 4.74 Å². The summed E-state index contributed by atoms with van der Waals surface area (Å²) in [7, 11) is 0. The normalized spacial score (nSPS) is 12.4. The van der Waals surface area contributed by atoms with Crippen molar-refractivity contribution in [2.24, 2.45) is 0 Å². The van der Waals surface area contributed by atoms with Gasteiger partial charge in [-0.3, -0.25) is 4.68 Å². The van der Waals surface area contributed by atoms with Gasteiger partial charge in [0, 0.05) is 18.3 Å². The SMILES string of the molecule is CCCOc1ccc(F)cc1C(C)Cc1cn(CC)nn1. The van der Waals surface area contributed by atoms with Crippen molar-refractivity contribution >= 4 is 0 Å². The molecule has 114 valence electrons. The lowest BCUT2D eigenvalue weighted by Crippen LogP contribution is -2.05. The van der Waals surface area contributed by atoms with Gasteiger partial charge in [0.05, 0.1) is 12.3 Å². The number of hydrogen-bond acceptors (Lipinski definition) is 3. The van der Waals surface area contributed by atoms with E-state index in [0.29, 0.717) is 13.0 Å². The van der Waals surface area contributed by atoms with E-state index >= 15 is 0 Å². The van der Waals surface area contributed by atoms with Gasteiger partial charge in [-0.15, -0.1) is 5.10 Å². The second-order valence-electron chi connectivity index (χ2n) is 5.20. The first kappa shape index (κ1) is 15.5. The molecular weight excluding hydrogens is 269 g/mol. The minimum absolute atomic E-state index is 0.120. The summed E-state index contributed by atoms with van der Waals surface area (Å²) < 4.78 is 21.1. The zero-order chi connectivity index (χ0) is 15.2. The number of nitrogens with zero attached hydrogens (tertiary/aromatic N) is 3. The fourth-order valence-electron chi connectivity index (χ4n) is 2.26. The number of rotatable bonds is 7. The van der Waals surface area contributed by atoms with Crippen molar-refractivity contribution in [1.82, 2.24) is 15.0 Å². The Morgan fingerprint density at radius 1 is 1.33 bits per heavy atom. The Morgan fingerprint density at radius 3 is 2.81 bits per heavy atom. The van der Waals surface area contributed by atoms with Crippen molar-refractivity contribution in [3.8, 4) is 5.75 Å². The monoisotopic (exact) mass is 291 g/mol. The van der Waals surface area contributed by atoms with Gasteiger partial charge in [-0.1, -0.05) is 19.1 Å². The van der Waals surface area contributed by atoms with Crippen LogP contribution in [0.25, 0.3) is 0 Å². The van der Waals surface area contributed by atoms with Gasteiger partial charge < -0.3 is 4.74 Å². The maximum Gasteiger partial charge on any atom is 0.123 e. The molecule has 1 aromatic carbocycles. The Hall–Kier alpha value is -1.91. The topological polar surface area (TPSA) is 39.9 Å². The number of hydrogen-bond donors (Lipinski definition) is 0. The van der Waals surface area contributed by atoms with E-state index in [0.717, 1.165) is 30.0 Å². The van der Waals surface area contributed by atoms with Gasteiger partial charge in [-0.05, 0) is 43.9 Å². The predicted octanol–water partition coefficient (Wildman–Crippen LogP) is 3.57. The van der Waals surface area contributed by atoms with Gasteiger partial charge >= 0.3 is 0 Å². The van der Waals surface area contributed by atoms with Crippen LogP contribution in [-0.4, -0.2) is 21.6 Å². The number of aryl methyl sites for hydroxylation is 1. The maximum atomic E-state index is 13.5. The van der Waals surface area contributed by atoms with E-state index in [9.17, 15) is 4.39 Å². The van der Waals surface area contributed by atoms with E-state index in [-0.39, 0.29) is 11.7 Å². The molecule has 0 spiro atoms. The first-order valence-corrected chi connectivity index (χ1v) is 7.45. The molecule has 0 aliphatic rings. The number of halogens is 1. The first-order valence-electron chi connectivity index (χ1n) is 7.45. The van der Waals surface area contributed by atoms with Crippen LogP contribution in [-0.2, 0) is 13.0 Å². The summed E-state index contributed by atoms with van der Waals surface area (Å²) in [5, 5.41) is 8.18. The Bertz CT molecular complexity index is 583. The molecule has 0 N–H and O–H groups in total. The molecule has 0 saturated heterocycles. The average molecular weight is 291 g/mol. The average Bonchev–Trinajstić information content (AvgIpc) is 2.93. The molecule has 1 aromatic heterocycles. The molecule has 21 heavy (non-hydrogen) atoms. The minimum atomic E-state index is -0.238. The third-order valence-corrected chi connectivity index (χ3v) is 3.39. The highest BCUT2D eigenvalue weighted by Crippen LogP contribution is 2.29. The first-order chi connectivity index (χ1) is 10.1. The highest BCUT2D eigenvalue weighted by atomic mass is 19.1. The maximum absolute atomic E-state index is 13.5. The van der Waals surface area contributed by atoms with E-state index in [1.165, 1.54) is 6.07 Å². The zero-order valence-electron chi connectivity index (χ0n) is 12.8. The summed E-state index contributed by atoms with van der Waals surface area (Å²) in [5.41, 5.74) is 1.80. The van der Waals surface area contributed by atoms with Crippen LogP contribution >= 0.6 is 0 Å². The quantitative estimate of drug-likeness (QED) is 0.783. The van der Waals surface area contributed by atoms with Crippen LogP contribution in [0.1, 0.15) is 44.4 Å². The summed E-state index contributed by atoms with van der Waals surface area (Å²) in [4.78, 5) is 0. The molecule has 1 heterocycles. The van der Waals surface area contributed by atoms with Gasteiger partial charge in [-0.2, -0.15) is 0 Å². The molecule has 0 bridgehead atoms. The predicted molar refractivity (Wildman–Crippen MR) is 80.0 cm³/mol. The highest BCUT2D eigenvalue weighted by Gasteiger charge is 2.15. The molecule has 0 aliphatic carbocycles. The molecule has 5 heteroatoms. The lowest BCUT2D eigenvalue weighted by Gasteiger charge is -2.16. The van der Waals surface area contributed by atoms with Gasteiger partial charge in [0.1, 0.15) is 11.6 Å². The van der Waals surface area contributed by atoms with Crippen molar-refractivity contribution in [2.45, 2.75) is 46.1 Å². The number of ether oxygens (including phenoxy) is 1. The van der Waals surface area contributed by atoms with Crippen LogP contribution in [0, 0.1) is 5.82 Å². The van der Waals surface area contributed by atoms with E-state index in [1.54, 1.807) is 16.8 Å². The van der Waals surface area contributed by atoms with Crippen LogP contribution in [0.2, 0.25) is 0 Å². The summed E-state index contributed by atoms with van der Waals surface area (Å²) in [5.74, 6) is 0.640. The lowest BCUT2D eigenvalue weighted by atomic mass is 9.95. The Kier molecular flexibility index (Phi) is 5.31. The van der Waals surface area contributed by atoms with E-state index in [4.69, 9.17) is 4.74 Å². The molecule has 0 amide bonds. The zero-order valence-corrected chi connectivity index (χ0v) is 12.8. The fourth-order valence-corrected chi connectivity index (χ4v) is 2.26. The van der Waals surface area contributed by atoms with Crippen molar-refractivity contribution < 1.29 is 9.13 Å². The molecule has 1 unspecified atom stereocenters. The van der Waals surface area contributed by atoms with E-state index in [2.05, 4.69) is 24.2 Å². The lowest BCUT2D eigenvalue weighted by molar-refractivity contribution is 0.311. The largest absolute Gasteiger partial charge is 0.493 e. The van der Waals surface area contributed by atoms with Crippen LogP contribution in [0.4, 0.5) is 4.39 Å². The third kappa shape index (κ3) is 4.03. The van der Waals surface area contributed by atoms with Gasteiger partial charge in [-0.25, -0.2) is 4.39 Å². The molecule has 0 fully saturated rings. The Balaban J connectivity index is 2.16. The molecule has 2 rings (SSSR count). The van der Waals surface area contributed by atoms with Crippen molar-refractivity contribution in [3.05, 3.63) is 41.5 Å². The summed E-state index contributed by atoms with van der Waals surface area (Å²) in [6, 6.07) is 4.70. The van der Waals surface area contributed by atoms with Crippen LogP contribution in [0.5, 0.6) is 5.75 Å². The molecule has 2 aromatic rings. The van der Waals surface area contributed by atoms with Crippen molar-refractivity contribution in [3.63, 3.8) is 0 Å². The molecule has 4 nitrogen and oxygen atoms in total. The van der Waals surface area contributed by atoms with Gasteiger partial charge in [0.15, 0.2) is 0 Å². The van der Waals surface area contributed by atoms with Crippen LogP contribution in [0.3, 0.4) is 0 Å². The summed E-state index contributed by atoms with van der Waals surface area (Å²) in [6.07, 6.45) is 3.57. The van der Waals surface area contributed by atoms with Crippen molar-refractivity contribution in [2.75, 3.05) is 6.61 Å². The second-order valence-corrected chi connectivity index (χ2v) is 5.20. The smallest absolute Gasteiger partial charge is 0.123 e. The minimum Gasteiger partial charge on any atom is -0.493 e. The summed E-state index contributed by atoms with van der Waals surface area (Å²) in [6.45, 7) is 7.56. The van der Waals surface area contributed by atoms with Crippen molar-refractivity contribution in [1.29, 1.82) is 0 Å². The van der Waals surface area contributed by atoms with E-state index in [1.807, 2.05) is 13.1 Å².